The summed E-state index contributed by atoms with van der Waals surface area (Å²) >= 11 is 0. The number of hydrogen-bond acceptors (Lipinski definition) is 4. The van der Waals surface area contributed by atoms with Crippen LogP contribution in [0.1, 0.15) is 18.4 Å². The Labute approximate surface area is 139 Å². The van der Waals surface area contributed by atoms with E-state index in [4.69, 9.17) is 0 Å². The van der Waals surface area contributed by atoms with Crippen molar-refractivity contribution in [2.75, 3.05) is 19.3 Å². The molecule has 24 heavy (non-hydrogen) atoms. The fraction of sp³-hybridized carbons (Fsp3) is 0.533. The van der Waals surface area contributed by atoms with Crippen molar-refractivity contribution in [2.24, 2.45) is 0 Å². The summed E-state index contributed by atoms with van der Waals surface area (Å²) in [5.74, 6) is -0.141. The van der Waals surface area contributed by atoms with Crippen molar-refractivity contribution in [3.05, 3.63) is 29.8 Å². The van der Waals surface area contributed by atoms with Gasteiger partial charge in [0.05, 0.1) is 12.7 Å². The molecule has 9 heteroatoms. The minimum Gasteiger partial charge on any atom is -0.435 e. The zero-order valence-corrected chi connectivity index (χ0v) is 14.1. The molecule has 1 amide bonds. The molecule has 0 spiro atoms. The van der Waals surface area contributed by atoms with E-state index in [9.17, 15) is 22.0 Å². The minimum atomic E-state index is -3.18. The quantitative estimate of drug-likeness (QED) is 0.829. The highest BCUT2D eigenvalue weighted by atomic mass is 32.2. The summed E-state index contributed by atoms with van der Waals surface area (Å²) in [6.45, 7) is -2.09. The molecular formula is C15H20F2N2O4S. The van der Waals surface area contributed by atoms with E-state index in [0.29, 0.717) is 31.5 Å². The Bertz CT molecular complexity index is 657. The van der Waals surface area contributed by atoms with Gasteiger partial charge in [0.25, 0.3) is 0 Å². The summed E-state index contributed by atoms with van der Waals surface area (Å²) in [4.78, 5) is 12.0. The number of ether oxygens (including phenoxy) is 1. The van der Waals surface area contributed by atoms with E-state index in [1.807, 2.05) is 0 Å². The largest absolute Gasteiger partial charge is 0.435 e. The molecule has 1 saturated heterocycles. The second-order valence-electron chi connectivity index (χ2n) is 5.70. The molecule has 1 aromatic rings. The standard InChI is InChI=1S/C15H20F2N2O4S/c1-24(21,22)19-8-6-12(7-9-19)18-14(20)10-11-2-4-13(5-3-11)23-15(16)17/h2-5,12,15H,6-10H2,1H3,(H,18,20). The number of hydrogen-bond donors (Lipinski definition) is 1. The van der Waals surface area contributed by atoms with E-state index >= 15 is 0 Å². The van der Waals surface area contributed by atoms with Crippen LogP contribution in [0, 0.1) is 0 Å². The highest BCUT2D eigenvalue weighted by Gasteiger charge is 2.25. The topological polar surface area (TPSA) is 75.7 Å². The lowest BCUT2D eigenvalue weighted by Gasteiger charge is -2.30. The summed E-state index contributed by atoms with van der Waals surface area (Å²) in [5, 5.41) is 2.87. The number of rotatable bonds is 6. The number of sulfonamides is 1. The van der Waals surface area contributed by atoms with Crippen LogP contribution in [0.15, 0.2) is 24.3 Å². The number of nitrogens with one attached hydrogen (secondary N) is 1. The fourth-order valence-electron chi connectivity index (χ4n) is 2.58. The van der Waals surface area contributed by atoms with Gasteiger partial charge in [0.1, 0.15) is 5.75 Å². The first-order chi connectivity index (χ1) is 11.2. The maximum absolute atomic E-state index is 12.1. The first kappa shape index (κ1) is 18.6. The fourth-order valence-corrected chi connectivity index (χ4v) is 3.46. The Morgan fingerprint density at radius 2 is 1.88 bits per heavy atom. The van der Waals surface area contributed by atoms with Gasteiger partial charge in [0.2, 0.25) is 15.9 Å². The molecule has 1 fully saturated rings. The molecule has 0 bridgehead atoms. The summed E-state index contributed by atoms with van der Waals surface area (Å²) < 4.78 is 52.6. The van der Waals surface area contributed by atoms with Crippen LogP contribution in [0.4, 0.5) is 8.78 Å². The molecule has 1 aromatic carbocycles. The van der Waals surface area contributed by atoms with Crippen molar-refractivity contribution in [3.63, 3.8) is 0 Å². The third-order valence-electron chi connectivity index (χ3n) is 3.80. The van der Waals surface area contributed by atoms with Gasteiger partial charge in [-0.1, -0.05) is 12.1 Å². The number of carbonyl (C=O) groups is 1. The first-order valence-corrected chi connectivity index (χ1v) is 9.37. The van der Waals surface area contributed by atoms with Crippen LogP contribution in [-0.2, 0) is 21.2 Å². The second kappa shape index (κ2) is 7.89. The molecule has 1 N–H and O–H groups in total. The van der Waals surface area contributed by atoms with E-state index in [-0.39, 0.29) is 24.1 Å². The molecule has 0 aromatic heterocycles. The SMILES string of the molecule is CS(=O)(=O)N1CCC(NC(=O)Cc2ccc(OC(F)F)cc2)CC1. The van der Waals surface area contributed by atoms with Gasteiger partial charge < -0.3 is 10.1 Å². The van der Waals surface area contributed by atoms with Gasteiger partial charge >= 0.3 is 6.61 Å². The lowest BCUT2D eigenvalue weighted by atomic mass is 10.1. The highest BCUT2D eigenvalue weighted by molar-refractivity contribution is 7.88. The molecule has 1 aliphatic heterocycles. The molecule has 1 heterocycles. The number of carbonyl (C=O) groups excluding carboxylic acids is 1. The van der Waals surface area contributed by atoms with Gasteiger partial charge in [-0.25, -0.2) is 12.7 Å². The molecule has 0 aliphatic carbocycles. The van der Waals surface area contributed by atoms with Crippen LogP contribution in [-0.4, -0.2) is 50.6 Å². The molecule has 1 aliphatic rings. The van der Waals surface area contributed by atoms with Gasteiger partial charge in [-0.15, -0.1) is 0 Å². The third kappa shape index (κ3) is 5.72. The zero-order chi connectivity index (χ0) is 17.7. The molecule has 2 rings (SSSR count). The van der Waals surface area contributed by atoms with Crippen molar-refractivity contribution in [1.29, 1.82) is 0 Å². The van der Waals surface area contributed by atoms with E-state index < -0.39 is 16.6 Å². The summed E-state index contributed by atoms with van der Waals surface area (Å²) in [6, 6.07) is 5.84. The summed E-state index contributed by atoms with van der Waals surface area (Å²) in [6.07, 6.45) is 2.44. The van der Waals surface area contributed by atoms with Crippen LogP contribution in [0.25, 0.3) is 0 Å². The average molecular weight is 362 g/mol. The number of halogens is 2. The van der Waals surface area contributed by atoms with E-state index in [2.05, 4.69) is 10.1 Å². The van der Waals surface area contributed by atoms with Crippen LogP contribution >= 0.6 is 0 Å². The minimum absolute atomic E-state index is 0.0438. The van der Waals surface area contributed by atoms with Gasteiger partial charge in [-0.3, -0.25) is 4.79 Å². The molecule has 0 atom stereocenters. The molecule has 0 unspecified atom stereocenters. The maximum Gasteiger partial charge on any atom is 0.387 e. The number of amides is 1. The Morgan fingerprint density at radius 1 is 1.29 bits per heavy atom. The predicted octanol–water partition coefficient (Wildman–Crippen LogP) is 1.37. The Morgan fingerprint density at radius 3 is 2.38 bits per heavy atom. The normalized spacial score (nSPS) is 17.0. The third-order valence-corrected chi connectivity index (χ3v) is 5.10. The van der Waals surface area contributed by atoms with Gasteiger partial charge in [-0.05, 0) is 30.5 Å². The predicted molar refractivity (Wildman–Crippen MR) is 84.4 cm³/mol. The van der Waals surface area contributed by atoms with Gasteiger partial charge in [0.15, 0.2) is 0 Å². The van der Waals surface area contributed by atoms with Crippen LogP contribution in [0.3, 0.4) is 0 Å². The summed E-state index contributed by atoms with van der Waals surface area (Å²) in [7, 11) is -3.18. The van der Waals surface area contributed by atoms with Crippen molar-refractivity contribution in [2.45, 2.75) is 31.9 Å². The van der Waals surface area contributed by atoms with Crippen molar-refractivity contribution >= 4 is 15.9 Å². The van der Waals surface area contributed by atoms with Crippen molar-refractivity contribution in [3.8, 4) is 5.75 Å². The Hall–Kier alpha value is -1.74. The van der Waals surface area contributed by atoms with Crippen LogP contribution in [0.2, 0.25) is 0 Å². The molecule has 6 nitrogen and oxygen atoms in total. The molecule has 0 radical (unpaired) electrons. The zero-order valence-electron chi connectivity index (χ0n) is 13.2. The molecule has 0 saturated carbocycles. The monoisotopic (exact) mass is 362 g/mol. The Balaban J connectivity index is 1.79. The number of alkyl halides is 2. The highest BCUT2D eigenvalue weighted by Crippen LogP contribution is 2.16. The average Bonchev–Trinajstić information content (AvgIpc) is 2.48. The molecule has 134 valence electrons. The van der Waals surface area contributed by atoms with Crippen molar-refractivity contribution < 1.29 is 26.7 Å². The van der Waals surface area contributed by atoms with Gasteiger partial charge in [-0.2, -0.15) is 8.78 Å². The van der Waals surface area contributed by atoms with E-state index in [1.54, 1.807) is 12.1 Å². The molecular weight excluding hydrogens is 342 g/mol. The van der Waals surface area contributed by atoms with Crippen LogP contribution < -0.4 is 10.1 Å². The smallest absolute Gasteiger partial charge is 0.387 e. The number of nitrogens with zero attached hydrogens (tertiary/aromatic N) is 1. The second-order valence-corrected chi connectivity index (χ2v) is 7.69. The summed E-state index contributed by atoms with van der Waals surface area (Å²) in [5.41, 5.74) is 0.683. The lowest BCUT2D eigenvalue weighted by Crippen LogP contribution is -2.46. The van der Waals surface area contributed by atoms with Crippen molar-refractivity contribution in [1.82, 2.24) is 9.62 Å². The Kier molecular flexibility index (Phi) is 6.11. The number of piperidine rings is 1. The maximum atomic E-state index is 12.1. The van der Waals surface area contributed by atoms with E-state index in [0.717, 1.165) is 0 Å². The first-order valence-electron chi connectivity index (χ1n) is 7.52. The van der Waals surface area contributed by atoms with Crippen LogP contribution in [0.5, 0.6) is 5.75 Å². The lowest BCUT2D eigenvalue weighted by molar-refractivity contribution is -0.121. The van der Waals surface area contributed by atoms with Gasteiger partial charge in [0, 0.05) is 19.1 Å². The van der Waals surface area contributed by atoms with E-state index in [1.165, 1.54) is 22.7 Å². The number of benzene rings is 1.